The maximum Gasteiger partial charge on any atom is 0.257 e. The minimum absolute atomic E-state index is 0.0528. The smallest absolute Gasteiger partial charge is 0.257 e. The van der Waals surface area contributed by atoms with E-state index in [2.05, 4.69) is 15.6 Å². The first kappa shape index (κ1) is 20.1. The third-order valence-electron chi connectivity index (χ3n) is 4.02. The van der Waals surface area contributed by atoms with Crippen LogP contribution in [0.4, 0.5) is 5.13 Å². The van der Waals surface area contributed by atoms with Gasteiger partial charge in [0.25, 0.3) is 5.91 Å². The van der Waals surface area contributed by atoms with E-state index in [1.54, 1.807) is 11.8 Å². The fourth-order valence-electron chi connectivity index (χ4n) is 2.62. The normalized spacial score (nSPS) is 10.5. The van der Waals surface area contributed by atoms with Gasteiger partial charge >= 0.3 is 0 Å². The molecule has 2 N–H and O–H groups in total. The Balaban J connectivity index is 1.66. The van der Waals surface area contributed by atoms with Crippen LogP contribution in [0.1, 0.15) is 28.4 Å². The Hall–Kier alpha value is -2.64. The zero-order valence-electron chi connectivity index (χ0n) is 15.7. The second-order valence-electron chi connectivity index (χ2n) is 6.23. The van der Waals surface area contributed by atoms with E-state index in [0.717, 1.165) is 28.1 Å². The lowest BCUT2D eigenvalue weighted by Gasteiger charge is -2.05. The Morgan fingerprint density at radius 3 is 2.61 bits per heavy atom. The molecule has 28 heavy (non-hydrogen) atoms. The second-order valence-corrected chi connectivity index (χ2v) is 7.96. The van der Waals surface area contributed by atoms with Crippen LogP contribution in [0.15, 0.2) is 53.9 Å². The van der Waals surface area contributed by atoms with Gasteiger partial charge in [0.1, 0.15) is 0 Å². The summed E-state index contributed by atoms with van der Waals surface area (Å²) < 4.78 is 0. The van der Waals surface area contributed by atoms with Crippen molar-refractivity contribution in [3.05, 3.63) is 70.6 Å². The molecule has 3 aromatic rings. The summed E-state index contributed by atoms with van der Waals surface area (Å²) >= 11 is 3.12. The average Bonchev–Trinajstić information content (AvgIpc) is 3.15. The standard InChI is InChI=1S/C21H21N3O2S2/c1-14(25)22-11-15-6-8-17(9-7-15)19-13-28-21(23-19)24-20(26)18-5-3-4-16(10-18)12-27-2/h3-10,13H,11-12H2,1-2H3,(H,22,25)(H,23,24,26). The highest BCUT2D eigenvalue weighted by Gasteiger charge is 2.11. The van der Waals surface area contributed by atoms with Gasteiger partial charge in [-0.15, -0.1) is 11.3 Å². The summed E-state index contributed by atoms with van der Waals surface area (Å²) in [6.07, 6.45) is 2.04. The number of nitrogens with one attached hydrogen (secondary N) is 2. The van der Waals surface area contributed by atoms with Gasteiger partial charge in [0, 0.05) is 35.7 Å². The zero-order chi connectivity index (χ0) is 19.9. The minimum Gasteiger partial charge on any atom is -0.352 e. The molecule has 144 valence electrons. The maximum absolute atomic E-state index is 12.5. The van der Waals surface area contributed by atoms with Crippen LogP contribution in [0.2, 0.25) is 0 Å². The van der Waals surface area contributed by atoms with Gasteiger partial charge in [0.2, 0.25) is 5.91 Å². The Kier molecular flexibility index (Phi) is 6.84. The molecule has 0 unspecified atom stereocenters. The van der Waals surface area contributed by atoms with Crippen LogP contribution < -0.4 is 10.6 Å². The fraction of sp³-hybridized carbons (Fsp3) is 0.190. The number of anilines is 1. The van der Waals surface area contributed by atoms with Crippen molar-refractivity contribution < 1.29 is 9.59 Å². The Bertz CT molecular complexity index is 968. The molecule has 0 saturated heterocycles. The molecule has 2 aromatic carbocycles. The number of aromatic nitrogens is 1. The number of nitrogens with zero attached hydrogens (tertiary/aromatic N) is 1. The fourth-order valence-corrected chi connectivity index (χ4v) is 3.85. The molecule has 0 atom stereocenters. The molecule has 0 spiro atoms. The summed E-state index contributed by atoms with van der Waals surface area (Å²) in [7, 11) is 0. The SMILES string of the molecule is CSCc1cccc(C(=O)Nc2nc(-c3ccc(CNC(C)=O)cc3)cs2)c1. The molecular weight excluding hydrogens is 390 g/mol. The van der Waals surface area contributed by atoms with Crippen LogP contribution in [0.3, 0.4) is 0 Å². The van der Waals surface area contributed by atoms with Crippen molar-refractivity contribution in [2.24, 2.45) is 0 Å². The van der Waals surface area contributed by atoms with Gasteiger partial charge in [-0.1, -0.05) is 36.4 Å². The van der Waals surface area contributed by atoms with Gasteiger partial charge in [-0.3, -0.25) is 14.9 Å². The molecule has 0 aliphatic rings. The molecule has 0 saturated carbocycles. The van der Waals surface area contributed by atoms with E-state index >= 15 is 0 Å². The molecule has 0 aliphatic heterocycles. The quantitative estimate of drug-likeness (QED) is 0.598. The van der Waals surface area contributed by atoms with Gasteiger partial charge in [0.05, 0.1) is 5.69 Å². The van der Waals surface area contributed by atoms with Crippen LogP contribution >= 0.6 is 23.1 Å². The van der Waals surface area contributed by atoms with E-state index in [4.69, 9.17) is 0 Å². The van der Waals surface area contributed by atoms with Gasteiger partial charge in [-0.05, 0) is 29.5 Å². The first-order chi connectivity index (χ1) is 13.5. The van der Waals surface area contributed by atoms with Gasteiger partial charge in [-0.25, -0.2) is 4.98 Å². The van der Waals surface area contributed by atoms with E-state index < -0.39 is 0 Å². The van der Waals surface area contributed by atoms with Crippen molar-refractivity contribution in [3.8, 4) is 11.3 Å². The number of benzene rings is 2. The Labute approximate surface area is 172 Å². The van der Waals surface area contributed by atoms with E-state index in [1.807, 2.05) is 60.2 Å². The predicted octanol–water partition coefficient (Wildman–Crippen LogP) is 4.56. The monoisotopic (exact) mass is 411 g/mol. The predicted molar refractivity (Wildman–Crippen MR) is 117 cm³/mol. The largest absolute Gasteiger partial charge is 0.352 e. The van der Waals surface area contributed by atoms with Gasteiger partial charge in [-0.2, -0.15) is 11.8 Å². The van der Waals surface area contributed by atoms with Crippen LogP contribution in [0.25, 0.3) is 11.3 Å². The number of amides is 2. The van der Waals surface area contributed by atoms with Crippen molar-refractivity contribution in [2.75, 3.05) is 11.6 Å². The molecule has 3 rings (SSSR count). The lowest BCUT2D eigenvalue weighted by atomic mass is 10.1. The van der Waals surface area contributed by atoms with E-state index in [9.17, 15) is 9.59 Å². The number of hydrogen-bond acceptors (Lipinski definition) is 5. The van der Waals surface area contributed by atoms with Crippen LogP contribution in [-0.2, 0) is 17.1 Å². The molecule has 1 heterocycles. The summed E-state index contributed by atoms with van der Waals surface area (Å²) in [5, 5.41) is 8.14. The molecule has 2 amide bonds. The van der Waals surface area contributed by atoms with Crippen molar-refractivity contribution in [3.63, 3.8) is 0 Å². The first-order valence-electron chi connectivity index (χ1n) is 8.73. The van der Waals surface area contributed by atoms with Crippen LogP contribution in [-0.4, -0.2) is 23.1 Å². The first-order valence-corrected chi connectivity index (χ1v) is 11.0. The lowest BCUT2D eigenvalue weighted by Crippen LogP contribution is -2.18. The van der Waals surface area contributed by atoms with Crippen LogP contribution in [0, 0.1) is 0 Å². The molecule has 0 fully saturated rings. The van der Waals surface area contributed by atoms with Gasteiger partial charge in [0.15, 0.2) is 5.13 Å². The third kappa shape index (κ3) is 5.43. The zero-order valence-corrected chi connectivity index (χ0v) is 17.3. The second kappa shape index (κ2) is 9.52. The molecule has 0 aliphatic carbocycles. The van der Waals surface area contributed by atoms with E-state index in [0.29, 0.717) is 17.2 Å². The number of carbonyl (C=O) groups excluding carboxylic acids is 2. The minimum atomic E-state index is -0.158. The summed E-state index contributed by atoms with van der Waals surface area (Å²) in [5.74, 6) is 0.665. The number of thioether (sulfide) groups is 1. The summed E-state index contributed by atoms with van der Waals surface area (Å²) in [5.41, 5.74) is 4.55. The number of thiazole rings is 1. The summed E-state index contributed by atoms with van der Waals surface area (Å²) in [6.45, 7) is 2.00. The van der Waals surface area contributed by atoms with Crippen molar-refractivity contribution >= 4 is 40.0 Å². The van der Waals surface area contributed by atoms with E-state index in [1.165, 1.54) is 18.3 Å². The summed E-state index contributed by atoms with van der Waals surface area (Å²) in [6, 6.07) is 15.5. The number of hydrogen-bond donors (Lipinski definition) is 2. The van der Waals surface area contributed by atoms with Crippen LogP contribution in [0.5, 0.6) is 0 Å². The molecule has 0 radical (unpaired) electrons. The molecule has 5 nitrogen and oxygen atoms in total. The van der Waals surface area contributed by atoms with Gasteiger partial charge < -0.3 is 5.32 Å². The number of rotatable bonds is 7. The molecule has 7 heteroatoms. The highest BCUT2D eigenvalue weighted by molar-refractivity contribution is 7.97. The molecular formula is C21H21N3O2S2. The topological polar surface area (TPSA) is 71.1 Å². The average molecular weight is 412 g/mol. The van der Waals surface area contributed by atoms with Crippen molar-refractivity contribution in [1.29, 1.82) is 0 Å². The van der Waals surface area contributed by atoms with Crippen molar-refractivity contribution in [2.45, 2.75) is 19.2 Å². The Morgan fingerprint density at radius 1 is 1.11 bits per heavy atom. The van der Waals surface area contributed by atoms with Crippen molar-refractivity contribution in [1.82, 2.24) is 10.3 Å². The number of carbonyl (C=O) groups is 2. The molecule has 0 bridgehead atoms. The third-order valence-corrected chi connectivity index (χ3v) is 5.40. The highest BCUT2D eigenvalue weighted by atomic mass is 32.2. The van der Waals surface area contributed by atoms with E-state index in [-0.39, 0.29) is 11.8 Å². The summed E-state index contributed by atoms with van der Waals surface area (Å²) in [4.78, 5) is 28.0. The highest BCUT2D eigenvalue weighted by Crippen LogP contribution is 2.25. The lowest BCUT2D eigenvalue weighted by molar-refractivity contribution is -0.119. The molecule has 1 aromatic heterocycles. The Morgan fingerprint density at radius 2 is 1.89 bits per heavy atom. The maximum atomic E-state index is 12.5.